The summed E-state index contributed by atoms with van der Waals surface area (Å²) in [5.41, 5.74) is 3.01. The Morgan fingerprint density at radius 3 is 2.42 bits per heavy atom. The SMILES string of the molecule is CCOc1ccc(OCC(=O)N/N=C\c2ccc(Cl)cc2Cl)cc1. The van der Waals surface area contributed by atoms with Crippen LogP contribution in [0.5, 0.6) is 11.5 Å². The molecule has 1 amide bonds. The van der Waals surface area contributed by atoms with E-state index in [0.29, 0.717) is 28.0 Å². The summed E-state index contributed by atoms with van der Waals surface area (Å²) >= 11 is 11.8. The molecule has 0 heterocycles. The summed E-state index contributed by atoms with van der Waals surface area (Å²) in [7, 11) is 0. The molecule has 24 heavy (non-hydrogen) atoms. The van der Waals surface area contributed by atoms with Gasteiger partial charge in [0.15, 0.2) is 6.61 Å². The van der Waals surface area contributed by atoms with Gasteiger partial charge in [0, 0.05) is 10.6 Å². The van der Waals surface area contributed by atoms with Gasteiger partial charge in [-0.25, -0.2) is 5.43 Å². The number of rotatable bonds is 7. The highest BCUT2D eigenvalue weighted by molar-refractivity contribution is 6.36. The third kappa shape index (κ3) is 5.76. The van der Waals surface area contributed by atoms with Crippen LogP contribution in [0.2, 0.25) is 10.0 Å². The summed E-state index contributed by atoms with van der Waals surface area (Å²) in [6.45, 7) is 2.35. The van der Waals surface area contributed by atoms with Crippen molar-refractivity contribution < 1.29 is 14.3 Å². The van der Waals surface area contributed by atoms with Crippen molar-refractivity contribution in [3.05, 3.63) is 58.1 Å². The molecule has 0 saturated heterocycles. The van der Waals surface area contributed by atoms with E-state index < -0.39 is 0 Å². The molecule has 0 saturated carbocycles. The van der Waals surface area contributed by atoms with Crippen molar-refractivity contribution in [1.29, 1.82) is 0 Å². The summed E-state index contributed by atoms with van der Waals surface area (Å²) < 4.78 is 10.7. The van der Waals surface area contributed by atoms with Crippen molar-refractivity contribution in [3.63, 3.8) is 0 Å². The molecule has 7 heteroatoms. The minimum Gasteiger partial charge on any atom is -0.494 e. The molecule has 2 rings (SSSR count). The lowest BCUT2D eigenvalue weighted by molar-refractivity contribution is -0.123. The van der Waals surface area contributed by atoms with Crippen LogP contribution in [0.3, 0.4) is 0 Å². The Morgan fingerprint density at radius 1 is 1.12 bits per heavy atom. The molecule has 126 valence electrons. The molecule has 2 aromatic rings. The number of hydrogen-bond acceptors (Lipinski definition) is 4. The summed E-state index contributed by atoms with van der Waals surface area (Å²) in [6.07, 6.45) is 1.44. The standard InChI is InChI=1S/C17H16Cl2N2O3/c1-2-23-14-5-7-15(8-6-14)24-11-17(22)21-20-10-12-3-4-13(18)9-16(12)19/h3-10H,2,11H2,1H3,(H,21,22)/b20-10-. The van der Waals surface area contributed by atoms with Crippen LogP contribution in [-0.2, 0) is 4.79 Å². The van der Waals surface area contributed by atoms with Gasteiger partial charge in [0.05, 0.1) is 17.8 Å². The van der Waals surface area contributed by atoms with Gasteiger partial charge in [-0.2, -0.15) is 5.10 Å². The van der Waals surface area contributed by atoms with Gasteiger partial charge < -0.3 is 9.47 Å². The highest BCUT2D eigenvalue weighted by Gasteiger charge is 2.03. The second-order valence-electron chi connectivity index (χ2n) is 4.65. The maximum atomic E-state index is 11.7. The predicted octanol–water partition coefficient (Wildman–Crippen LogP) is 3.92. The van der Waals surface area contributed by atoms with Crippen LogP contribution in [0.4, 0.5) is 0 Å². The maximum Gasteiger partial charge on any atom is 0.277 e. The lowest BCUT2D eigenvalue weighted by Gasteiger charge is -2.06. The lowest BCUT2D eigenvalue weighted by atomic mass is 10.2. The third-order valence-electron chi connectivity index (χ3n) is 2.86. The largest absolute Gasteiger partial charge is 0.494 e. The van der Waals surface area contributed by atoms with Gasteiger partial charge in [-0.15, -0.1) is 0 Å². The van der Waals surface area contributed by atoms with Gasteiger partial charge in [0.1, 0.15) is 11.5 Å². The zero-order chi connectivity index (χ0) is 17.4. The Balaban J connectivity index is 1.79. The molecule has 0 aliphatic rings. The number of nitrogens with zero attached hydrogens (tertiary/aromatic N) is 1. The smallest absolute Gasteiger partial charge is 0.277 e. The van der Waals surface area contributed by atoms with E-state index in [4.69, 9.17) is 32.7 Å². The number of benzene rings is 2. The Kier molecular flexibility index (Phi) is 6.90. The second-order valence-corrected chi connectivity index (χ2v) is 5.50. The highest BCUT2D eigenvalue weighted by Crippen LogP contribution is 2.19. The molecule has 0 bridgehead atoms. The number of carbonyl (C=O) groups excluding carboxylic acids is 1. The molecule has 0 atom stereocenters. The topological polar surface area (TPSA) is 59.9 Å². The average Bonchev–Trinajstić information content (AvgIpc) is 2.56. The first-order valence-corrected chi connectivity index (χ1v) is 7.96. The Labute approximate surface area is 150 Å². The molecule has 0 fully saturated rings. The molecule has 0 aliphatic carbocycles. The Hall–Kier alpha value is -2.24. The average molecular weight is 367 g/mol. The number of hydrogen-bond donors (Lipinski definition) is 1. The second kappa shape index (κ2) is 9.15. The van der Waals surface area contributed by atoms with Crippen LogP contribution < -0.4 is 14.9 Å². The molecule has 0 aromatic heterocycles. The fraction of sp³-hybridized carbons (Fsp3) is 0.176. The molecule has 0 unspecified atom stereocenters. The lowest BCUT2D eigenvalue weighted by Crippen LogP contribution is -2.24. The van der Waals surface area contributed by atoms with Gasteiger partial charge in [-0.1, -0.05) is 29.3 Å². The maximum absolute atomic E-state index is 11.7. The monoisotopic (exact) mass is 366 g/mol. The normalized spacial score (nSPS) is 10.6. The van der Waals surface area contributed by atoms with Crippen molar-refractivity contribution in [3.8, 4) is 11.5 Å². The van der Waals surface area contributed by atoms with Crippen molar-refractivity contribution in [2.75, 3.05) is 13.2 Å². The van der Waals surface area contributed by atoms with Crippen LogP contribution in [-0.4, -0.2) is 25.3 Å². The minimum atomic E-state index is -0.384. The van der Waals surface area contributed by atoms with Crippen LogP contribution in [0.25, 0.3) is 0 Å². The van der Waals surface area contributed by atoms with Crippen molar-refractivity contribution in [2.24, 2.45) is 5.10 Å². The molecule has 2 aromatic carbocycles. The molecule has 1 N–H and O–H groups in total. The van der Waals surface area contributed by atoms with Gasteiger partial charge in [-0.05, 0) is 43.3 Å². The molecular formula is C17H16Cl2N2O3. The molecule has 0 spiro atoms. The summed E-state index contributed by atoms with van der Waals surface area (Å²) in [6, 6.07) is 12.0. The predicted molar refractivity (Wildman–Crippen MR) is 95.3 cm³/mol. The first-order valence-electron chi connectivity index (χ1n) is 7.21. The van der Waals surface area contributed by atoms with Crippen LogP contribution in [0.1, 0.15) is 12.5 Å². The highest BCUT2D eigenvalue weighted by atomic mass is 35.5. The van der Waals surface area contributed by atoms with E-state index in [-0.39, 0.29) is 12.5 Å². The molecule has 5 nitrogen and oxygen atoms in total. The van der Waals surface area contributed by atoms with Crippen LogP contribution >= 0.6 is 23.2 Å². The van der Waals surface area contributed by atoms with Crippen molar-refractivity contribution in [2.45, 2.75) is 6.92 Å². The van der Waals surface area contributed by atoms with E-state index >= 15 is 0 Å². The number of amides is 1. The van der Waals surface area contributed by atoms with Crippen molar-refractivity contribution >= 4 is 35.3 Å². The number of carbonyl (C=O) groups is 1. The Bertz CT molecular complexity index is 718. The number of nitrogens with one attached hydrogen (secondary N) is 1. The minimum absolute atomic E-state index is 0.153. The molecule has 0 radical (unpaired) electrons. The van der Waals surface area contributed by atoms with Crippen molar-refractivity contribution in [1.82, 2.24) is 5.43 Å². The van der Waals surface area contributed by atoms with E-state index in [2.05, 4.69) is 10.5 Å². The zero-order valence-corrected chi connectivity index (χ0v) is 14.5. The van der Waals surface area contributed by atoms with Gasteiger partial charge in [0.25, 0.3) is 5.91 Å². The van der Waals surface area contributed by atoms with Crippen LogP contribution in [0, 0.1) is 0 Å². The first-order chi connectivity index (χ1) is 11.6. The summed E-state index contributed by atoms with van der Waals surface area (Å²) in [4.78, 5) is 11.7. The number of ether oxygens (including phenoxy) is 2. The quantitative estimate of drug-likeness (QED) is 0.596. The summed E-state index contributed by atoms with van der Waals surface area (Å²) in [5, 5.41) is 4.81. The zero-order valence-electron chi connectivity index (χ0n) is 13.0. The Morgan fingerprint density at radius 2 is 1.79 bits per heavy atom. The number of hydrazone groups is 1. The third-order valence-corrected chi connectivity index (χ3v) is 3.42. The number of halogens is 2. The first kappa shape index (κ1) is 18.1. The van der Waals surface area contributed by atoms with E-state index in [1.54, 1.807) is 42.5 Å². The summed E-state index contributed by atoms with van der Waals surface area (Å²) in [5.74, 6) is 0.933. The van der Waals surface area contributed by atoms with E-state index in [1.807, 2.05) is 6.92 Å². The van der Waals surface area contributed by atoms with E-state index in [1.165, 1.54) is 6.21 Å². The molecule has 0 aliphatic heterocycles. The molecular weight excluding hydrogens is 351 g/mol. The van der Waals surface area contributed by atoms with Gasteiger partial charge >= 0.3 is 0 Å². The fourth-order valence-corrected chi connectivity index (χ4v) is 2.22. The fourth-order valence-electron chi connectivity index (χ4n) is 1.76. The van der Waals surface area contributed by atoms with Crippen LogP contribution in [0.15, 0.2) is 47.6 Å². The van der Waals surface area contributed by atoms with Gasteiger partial charge in [0.2, 0.25) is 0 Å². The van der Waals surface area contributed by atoms with E-state index in [0.717, 1.165) is 5.75 Å². The van der Waals surface area contributed by atoms with E-state index in [9.17, 15) is 4.79 Å². The van der Waals surface area contributed by atoms with Gasteiger partial charge in [-0.3, -0.25) is 4.79 Å².